The average molecular weight is 580 g/mol. The van der Waals surface area contributed by atoms with Crippen LogP contribution in [0.3, 0.4) is 0 Å². The van der Waals surface area contributed by atoms with Gasteiger partial charge >= 0.3 is 6.18 Å². The highest BCUT2D eigenvalue weighted by Crippen LogP contribution is 2.49. The minimum absolute atomic E-state index is 0.227. The summed E-state index contributed by atoms with van der Waals surface area (Å²) in [7, 11) is 1.62. The third kappa shape index (κ3) is 4.49. The third-order valence-corrected chi connectivity index (χ3v) is 7.39. The molecule has 2 aliphatic heterocycles. The van der Waals surface area contributed by atoms with E-state index >= 15 is 0 Å². The second-order valence-corrected chi connectivity index (χ2v) is 10.0. The van der Waals surface area contributed by atoms with E-state index in [1.54, 1.807) is 24.1 Å². The Morgan fingerprint density at radius 2 is 1.67 bits per heavy atom. The van der Waals surface area contributed by atoms with Gasteiger partial charge in [-0.2, -0.15) is 23.0 Å². The molecule has 1 N–H and O–H groups in total. The van der Waals surface area contributed by atoms with Crippen LogP contribution in [0, 0.1) is 6.92 Å². The van der Waals surface area contributed by atoms with Gasteiger partial charge < -0.3 is 15.0 Å². The molecule has 7 rings (SSSR count). The van der Waals surface area contributed by atoms with Crippen LogP contribution in [-0.2, 0) is 6.18 Å². The number of aryl methyl sites for hydroxylation is 1. The lowest BCUT2D eigenvalue weighted by Gasteiger charge is -2.40. The Kier molecular flexibility index (Phi) is 6.23. The molecule has 2 aromatic heterocycles. The predicted molar refractivity (Wildman–Crippen MR) is 159 cm³/mol. The average Bonchev–Trinajstić information content (AvgIpc) is 3.36. The van der Waals surface area contributed by atoms with E-state index in [1.165, 1.54) is 6.07 Å². The van der Waals surface area contributed by atoms with Gasteiger partial charge in [-0.1, -0.05) is 42.5 Å². The predicted octanol–water partition coefficient (Wildman–Crippen LogP) is 7.40. The number of aromatic nitrogens is 3. The molecule has 0 spiro atoms. The van der Waals surface area contributed by atoms with Crippen LogP contribution < -0.4 is 15.0 Å². The van der Waals surface area contributed by atoms with Crippen LogP contribution in [0.4, 0.5) is 36.1 Å². The molecule has 0 saturated heterocycles. The monoisotopic (exact) mass is 579 g/mol. The summed E-state index contributed by atoms with van der Waals surface area (Å²) in [5, 5.41) is 7.98. The van der Waals surface area contributed by atoms with E-state index in [4.69, 9.17) is 19.8 Å². The highest BCUT2D eigenvalue weighted by molar-refractivity contribution is 6.51. The van der Waals surface area contributed by atoms with E-state index in [1.807, 2.05) is 78.6 Å². The number of rotatable bonds is 4. The highest BCUT2D eigenvalue weighted by Gasteiger charge is 2.42. The van der Waals surface area contributed by atoms with Crippen LogP contribution in [0.1, 0.15) is 28.4 Å². The van der Waals surface area contributed by atoms with E-state index in [9.17, 15) is 13.2 Å². The van der Waals surface area contributed by atoms with Crippen molar-refractivity contribution in [1.82, 2.24) is 14.8 Å². The number of para-hydroxylation sites is 3. The van der Waals surface area contributed by atoms with E-state index in [0.29, 0.717) is 28.9 Å². The Hall–Kier alpha value is -5.45. The largest absolute Gasteiger partial charge is 0.496 e. The molecule has 0 aliphatic carbocycles. The number of alkyl halides is 3. The molecule has 8 nitrogen and oxygen atoms in total. The van der Waals surface area contributed by atoms with Crippen molar-refractivity contribution in [2.45, 2.75) is 19.1 Å². The smallest absolute Gasteiger partial charge is 0.416 e. The SMILES string of the molecule is COc1ccccc1[C@@H]1c2c(C)nn(-c3ccccn3)c2N=C2C(Nc3cccc(C(F)(F)F)c3)=Nc3ccccc3N21. The van der Waals surface area contributed by atoms with Crippen molar-refractivity contribution in [2.24, 2.45) is 9.98 Å². The first-order valence-electron chi connectivity index (χ1n) is 13.5. The molecule has 0 fully saturated rings. The molecule has 4 heterocycles. The van der Waals surface area contributed by atoms with Crippen LogP contribution >= 0.6 is 0 Å². The van der Waals surface area contributed by atoms with E-state index in [2.05, 4.69) is 10.3 Å². The Bertz CT molecular complexity index is 1910. The molecule has 0 radical (unpaired) electrons. The van der Waals surface area contributed by atoms with Crippen molar-refractivity contribution >= 4 is 34.6 Å². The molecule has 3 aromatic carbocycles. The fourth-order valence-electron chi connectivity index (χ4n) is 5.53. The summed E-state index contributed by atoms with van der Waals surface area (Å²) in [5.74, 6) is 2.48. The molecule has 0 amide bonds. The van der Waals surface area contributed by atoms with Gasteiger partial charge in [-0.05, 0) is 55.5 Å². The van der Waals surface area contributed by atoms with Gasteiger partial charge in [-0.15, -0.1) is 0 Å². The summed E-state index contributed by atoms with van der Waals surface area (Å²) in [6.07, 6.45) is -2.82. The number of fused-ring (bicyclic) bond motifs is 4. The summed E-state index contributed by atoms with van der Waals surface area (Å²) in [6.45, 7) is 1.92. The maximum Gasteiger partial charge on any atom is 0.416 e. The number of nitrogens with one attached hydrogen (secondary N) is 1. The molecule has 11 heteroatoms. The summed E-state index contributed by atoms with van der Waals surface area (Å²) < 4.78 is 48.2. The molecule has 0 saturated carbocycles. The first-order chi connectivity index (χ1) is 20.8. The molecule has 5 aromatic rings. The maximum absolute atomic E-state index is 13.6. The Morgan fingerprint density at radius 1 is 0.884 bits per heavy atom. The summed E-state index contributed by atoms with van der Waals surface area (Å²) >= 11 is 0. The van der Waals surface area contributed by atoms with Gasteiger partial charge in [0.25, 0.3) is 0 Å². The van der Waals surface area contributed by atoms with Crippen molar-refractivity contribution in [3.8, 4) is 11.6 Å². The van der Waals surface area contributed by atoms with Crippen molar-refractivity contribution in [3.63, 3.8) is 0 Å². The zero-order valence-corrected chi connectivity index (χ0v) is 23.0. The van der Waals surface area contributed by atoms with E-state index in [0.717, 1.165) is 34.6 Å². The molecule has 43 heavy (non-hydrogen) atoms. The summed E-state index contributed by atoms with van der Waals surface area (Å²) in [5.41, 5.74) is 3.31. The van der Waals surface area contributed by atoms with Crippen LogP contribution in [0.25, 0.3) is 5.82 Å². The number of aliphatic imine (C=N–C) groups is 2. The summed E-state index contributed by atoms with van der Waals surface area (Å²) in [4.78, 5) is 16.5. The molecule has 2 aliphatic rings. The lowest BCUT2D eigenvalue weighted by molar-refractivity contribution is -0.137. The molecule has 0 bridgehead atoms. The van der Waals surface area contributed by atoms with Crippen molar-refractivity contribution in [2.75, 3.05) is 17.3 Å². The van der Waals surface area contributed by atoms with Gasteiger partial charge in [-0.25, -0.2) is 15.0 Å². The number of amidine groups is 2. The van der Waals surface area contributed by atoms with E-state index < -0.39 is 17.8 Å². The number of methoxy groups -OCH3 is 1. The lowest BCUT2D eigenvalue weighted by Crippen LogP contribution is -2.46. The zero-order valence-electron chi connectivity index (χ0n) is 23.0. The molecule has 1 atom stereocenters. The van der Waals surface area contributed by atoms with Crippen LogP contribution in [-0.4, -0.2) is 33.5 Å². The minimum atomic E-state index is -4.50. The quantitative estimate of drug-likeness (QED) is 0.240. The number of anilines is 2. The highest BCUT2D eigenvalue weighted by atomic mass is 19.4. The number of nitrogens with zero attached hydrogens (tertiary/aromatic N) is 6. The fourth-order valence-corrected chi connectivity index (χ4v) is 5.53. The molecular formula is C32H24F3N7O. The van der Waals surface area contributed by atoms with Gasteiger partial charge in [0.2, 0.25) is 0 Å². The molecular weight excluding hydrogens is 555 g/mol. The number of hydrogen-bond donors (Lipinski definition) is 1. The number of ether oxygens (including phenoxy) is 1. The van der Waals surface area contributed by atoms with Gasteiger partial charge in [-0.3, -0.25) is 0 Å². The molecule has 0 unspecified atom stereocenters. The van der Waals surface area contributed by atoms with Crippen molar-refractivity contribution < 1.29 is 17.9 Å². The normalized spacial score (nSPS) is 15.6. The minimum Gasteiger partial charge on any atom is -0.496 e. The van der Waals surface area contributed by atoms with Gasteiger partial charge in [0.1, 0.15) is 5.75 Å². The lowest BCUT2D eigenvalue weighted by atomic mass is 9.92. The molecule has 214 valence electrons. The third-order valence-electron chi connectivity index (χ3n) is 7.39. The van der Waals surface area contributed by atoms with Crippen LogP contribution in [0.2, 0.25) is 0 Å². The second kappa shape index (κ2) is 10.1. The Balaban J connectivity index is 1.49. The van der Waals surface area contributed by atoms with E-state index in [-0.39, 0.29) is 11.5 Å². The number of benzene rings is 3. The Morgan fingerprint density at radius 3 is 2.47 bits per heavy atom. The van der Waals surface area contributed by atoms with Gasteiger partial charge in [0, 0.05) is 23.0 Å². The second-order valence-electron chi connectivity index (χ2n) is 10.0. The van der Waals surface area contributed by atoms with Gasteiger partial charge in [0.15, 0.2) is 23.3 Å². The zero-order chi connectivity index (χ0) is 29.7. The van der Waals surface area contributed by atoms with Gasteiger partial charge in [0.05, 0.1) is 35.8 Å². The fraction of sp³-hybridized carbons (Fsp3) is 0.125. The standard InChI is InChI=1S/C32H24F3N7O/c1-19-27-28(22-12-3-6-15-25(22)43-2)41-24-14-5-4-13-23(24)38-29(37-21-11-9-10-20(18-21)32(33,34)35)31(41)39-30(27)42(40-19)26-16-7-8-17-36-26/h3-18,28H,1-2H3,(H,37,38)/t28-/m1/s1. The van der Waals surface area contributed by atoms with Crippen LogP contribution in [0.15, 0.2) is 107 Å². The van der Waals surface area contributed by atoms with Crippen molar-refractivity contribution in [1.29, 1.82) is 0 Å². The first kappa shape index (κ1) is 26.4. The topological polar surface area (TPSA) is 79.9 Å². The van der Waals surface area contributed by atoms with Crippen molar-refractivity contribution in [3.05, 3.63) is 120 Å². The number of pyridine rings is 1. The number of halogens is 3. The first-order valence-corrected chi connectivity index (χ1v) is 13.5. The summed E-state index contributed by atoms with van der Waals surface area (Å²) in [6, 6.07) is 25.4. The van der Waals surface area contributed by atoms with Crippen LogP contribution in [0.5, 0.6) is 5.75 Å². The Labute approximate surface area is 244 Å². The number of hydrogen-bond acceptors (Lipinski definition) is 7. The maximum atomic E-state index is 13.6.